The van der Waals surface area contributed by atoms with Crippen LogP contribution in [0.3, 0.4) is 0 Å². The molecule has 1 aromatic rings. The van der Waals surface area contributed by atoms with Gasteiger partial charge >= 0.3 is 0 Å². The van der Waals surface area contributed by atoms with Gasteiger partial charge in [0.1, 0.15) is 30.5 Å². The lowest BCUT2D eigenvalue weighted by Crippen LogP contribution is -2.61. The summed E-state index contributed by atoms with van der Waals surface area (Å²) in [6.45, 7) is 3.70. The van der Waals surface area contributed by atoms with Crippen LogP contribution in [0, 0.1) is 0 Å². The monoisotopic (exact) mass is 1020 g/mol. The maximum Gasteiger partial charge on any atom is 0.220 e. The van der Waals surface area contributed by atoms with E-state index in [0.29, 0.717) is 28.5 Å². The Labute approximate surface area is 431 Å². The average Bonchev–Trinajstić information content (AvgIpc) is 3.34. The lowest BCUT2D eigenvalue weighted by Gasteiger charge is -2.42. The number of rotatable bonds is 47. The molecule has 1 aromatic carbocycles. The first-order chi connectivity index (χ1) is 33.6. The summed E-state index contributed by atoms with van der Waals surface area (Å²) in [6.07, 6.45) is 35.9. The summed E-state index contributed by atoms with van der Waals surface area (Å²) in [5, 5.41) is 58.4. The third-order valence-corrected chi connectivity index (χ3v) is 14.9. The second kappa shape index (κ2) is 43.4. The van der Waals surface area contributed by atoms with Gasteiger partial charge in [-0.2, -0.15) is 0 Å². The van der Waals surface area contributed by atoms with Crippen molar-refractivity contribution in [2.24, 2.45) is 0 Å². The Kier molecular flexibility index (Phi) is 40.3. The van der Waals surface area contributed by atoms with Crippen molar-refractivity contribution in [3.63, 3.8) is 0 Å². The molecule has 0 bridgehead atoms. The molecule has 2 rings (SSSR count). The lowest BCUT2D eigenvalue weighted by molar-refractivity contribution is -0.310. The fourth-order valence-electron chi connectivity index (χ4n) is 9.63. The molecule has 0 saturated carbocycles. The van der Waals surface area contributed by atoms with E-state index in [1.54, 1.807) is 18.2 Å². The standard InChI is InChI=1S/C57H103Cl2NO9/c1-3-5-7-9-11-13-15-17-18-19-20-21-22-23-24-25-26-27-29-31-33-35-37-39-52(63)60-49(53(64)50(62)38-36-34-32-30-28-16-14-12-10-8-6-4-2)45-68-57-55(66)54(65)56(51(43-61)69-57)67-44-46-40-41-47(58)48(59)42-46/h40-42,49-51,53-57,61-62,64-66H,3-39,43-45H2,1-2H3,(H,60,63)/t49-,50+,51+,53-,54+,55+,56-,57-/m0/s1. The molecule has 1 saturated heterocycles. The summed E-state index contributed by atoms with van der Waals surface area (Å²) < 4.78 is 17.7. The van der Waals surface area contributed by atoms with Crippen LogP contribution in [0.25, 0.3) is 0 Å². The Bertz CT molecular complexity index is 1340. The summed E-state index contributed by atoms with van der Waals surface area (Å²) in [5.74, 6) is -0.252. The quantitative estimate of drug-likeness (QED) is 0.0350. The van der Waals surface area contributed by atoms with Crippen molar-refractivity contribution in [3.8, 4) is 0 Å². The molecule has 1 heterocycles. The smallest absolute Gasteiger partial charge is 0.220 e. The topological polar surface area (TPSA) is 158 Å². The van der Waals surface area contributed by atoms with Crippen molar-refractivity contribution in [1.82, 2.24) is 5.32 Å². The van der Waals surface area contributed by atoms with Crippen molar-refractivity contribution in [2.45, 2.75) is 307 Å². The number of nitrogens with one attached hydrogen (secondary N) is 1. The van der Waals surface area contributed by atoms with Crippen molar-refractivity contribution in [1.29, 1.82) is 0 Å². The van der Waals surface area contributed by atoms with Gasteiger partial charge in [-0.25, -0.2) is 0 Å². The van der Waals surface area contributed by atoms with Gasteiger partial charge in [-0.05, 0) is 30.5 Å². The minimum absolute atomic E-state index is 0.00765. The number of aliphatic hydroxyl groups excluding tert-OH is 5. The Hall–Kier alpha value is -1.05. The highest BCUT2D eigenvalue weighted by Gasteiger charge is 2.46. The van der Waals surface area contributed by atoms with Crippen LogP contribution in [-0.2, 0) is 25.6 Å². The maximum absolute atomic E-state index is 13.3. The minimum atomic E-state index is -1.57. The number of carbonyl (C=O) groups excluding carboxylic acids is 1. The first kappa shape index (κ1) is 64.1. The van der Waals surface area contributed by atoms with Gasteiger partial charge in [0.2, 0.25) is 5.91 Å². The molecular weight excluding hydrogens is 914 g/mol. The Morgan fingerprint density at radius 1 is 0.594 bits per heavy atom. The van der Waals surface area contributed by atoms with Crippen LogP contribution in [-0.4, -0.2) is 93.6 Å². The van der Waals surface area contributed by atoms with Crippen LogP contribution in [0.1, 0.15) is 257 Å². The number of benzene rings is 1. The zero-order valence-electron chi connectivity index (χ0n) is 43.8. The molecule has 0 spiro atoms. The highest BCUT2D eigenvalue weighted by atomic mass is 35.5. The third kappa shape index (κ3) is 31.3. The molecule has 1 aliphatic rings. The number of hydrogen-bond donors (Lipinski definition) is 6. The van der Waals surface area contributed by atoms with E-state index in [4.69, 9.17) is 37.4 Å². The van der Waals surface area contributed by atoms with Gasteiger partial charge in [-0.3, -0.25) is 4.79 Å². The summed E-state index contributed by atoms with van der Waals surface area (Å²) in [5.41, 5.74) is 0.673. The normalized spacial score (nSPS) is 19.8. The molecule has 1 fully saturated rings. The summed E-state index contributed by atoms with van der Waals surface area (Å²) in [7, 11) is 0. The molecule has 69 heavy (non-hydrogen) atoms. The molecule has 6 N–H and O–H groups in total. The molecule has 0 radical (unpaired) electrons. The highest BCUT2D eigenvalue weighted by molar-refractivity contribution is 6.42. The van der Waals surface area contributed by atoms with Crippen LogP contribution in [0.5, 0.6) is 0 Å². The second-order valence-electron chi connectivity index (χ2n) is 20.5. The van der Waals surface area contributed by atoms with E-state index in [0.717, 1.165) is 44.9 Å². The van der Waals surface area contributed by atoms with Crippen molar-refractivity contribution < 1.29 is 44.5 Å². The molecule has 404 valence electrons. The fourth-order valence-corrected chi connectivity index (χ4v) is 9.95. The van der Waals surface area contributed by atoms with Crippen molar-refractivity contribution in [3.05, 3.63) is 33.8 Å². The summed E-state index contributed by atoms with van der Waals surface area (Å²) in [4.78, 5) is 13.3. The number of ether oxygens (including phenoxy) is 3. The fraction of sp³-hybridized carbons (Fsp3) is 0.877. The van der Waals surface area contributed by atoms with Gasteiger partial charge in [0.15, 0.2) is 6.29 Å². The van der Waals surface area contributed by atoms with Crippen LogP contribution in [0.15, 0.2) is 18.2 Å². The molecule has 12 heteroatoms. The van der Waals surface area contributed by atoms with E-state index in [2.05, 4.69) is 19.2 Å². The Balaban J connectivity index is 1.72. The Morgan fingerprint density at radius 3 is 1.43 bits per heavy atom. The zero-order chi connectivity index (χ0) is 50.2. The third-order valence-electron chi connectivity index (χ3n) is 14.2. The van der Waals surface area contributed by atoms with Crippen LogP contribution >= 0.6 is 23.2 Å². The van der Waals surface area contributed by atoms with E-state index in [9.17, 15) is 30.3 Å². The van der Waals surface area contributed by atoms with Crippen LogP contribution in [0.4, 0.5) is 0 Å². The molecule has 0 unspecified atom stereocenters. The SMILES string of the molecule is CCCCCCCCCCCCCCCCCCCCCCCCCC(=O)N[C@@H](CO[C@H]1O[C@H](CO)[C@H](OCc2ccc(Cl)c(Cl)c2)[C@H](O)[C@H]1O)[C@H](O)[C@H](O)CCCCCCCCCCCCCC. The first-order valence-electron chi connectivity index (χ1n) is 28.6. The largest absolute Gasteiger partial charge is 0.394 e. The van der Waals surface area contributed by atoms with Crippen molar-refractivity contribution in [2.75, 3.05) is 13.2 Å². The number of unbranched alkanes of at least 4 members (excludes halogenated alkanes) is 33. The van der Waals surface area contributed by atoms with E-state index < -0.39 is 55.6 Å². The molecule has 0 aliphatic carbocycles. The average molecular weight is 1020 g/mol. The summed E-state index contributed by atoms with van der Waals surface area (Å²) in [6, 6.07) is 3.98. The van der Waals surface area contributed by atoms with Gasteiger partial charge in [-0.15, -0.1) is 0 Å². The van der Waals surface area contributed by atoms with Gasteiger partial charge < -0.3 is 45.1 Å². The second-order valence-corrected chi connectivity index (χ2v) is 21.3. The number of hydrogen-bond acceptors (Lipinski definition) is 9. The number of aliphatic hydroxyl groups is 5. The van der Waals surface area contributed by atoms with E-state index in [1.165, 1.54) is 173 Å². The van der Waals surface area contributed by atoms with Gasteiger partial charge in [0.25, 0.3) is 0 Å². The van der Waals surface area contributed by atoms with Crippen LogP contribution in [0.2, 0.25) is 10.0 Å². The lowest BCUT2D eigenvalue weighted by atomic mass is 9.98. The molecule has 1 aliphatic heterocycles. The van der Waals surface area contributed by atoms with Gasteiger partial charge in [0, 0.05) is 6.42 Å². The molecular formula is C57H103Cl2NO9. The van der Waals surface area contributed by atoms with E-state index in [1.807, 2.05) is 0 Å². The van der Waals surface area contributed by atoms with E-state index in [-0.39, 0.29) is 25.5 Å². The van der Waals surface area contributed by atoms with Gasteiger partial charge in [0.05, 0.1) is 42.0 Å². The molecule has 1 amide bonds. The van der Waals surface area contributed by atoms with E-state index >= 15 is 0 Å². The molecule has 10 nitrogen and oxygen atoms in total. The first-order valence-corrected chi connectivity index (χ1v) is 29.3. The number of carbonyl (C=O) groups is 1. The highest BCUT2D eigenvalue weighted by Crippen LogP contribution is 2.28. The molecule has 0 aromatic heterocycles. The van der Waals surface area contributed by atoms with Crippen molar-refractivity contribution >= 4 is 29.1 Å². The molecule has 8 atom stereocenters. The number of halogens is 2. The predicted molar refractivity (Wildman–Crippen MR) is 285 cm³/mol. The number of amides is 1. The van der Waals surface area contributed by atoms with Gasteiger partial charge in [-0.1, -0.05) is 261 Å². The maximum atomic E-state index is 13.3. The van der Waals surface area contributed by atoms with Crippen LogP contribution < -0.4 is 5.32 Å². The minimum Gasteiger partial charge on any atom is -0.394 e. The predicted octanol–water partition coefficient (Wildman–Crippen LogP) is 14.0. The summed E-state index contributed by atoms with van der Waals surface area (Å²) >= 11 is 12.2. The zero-order valence-corrected chi connectivity index (χ0v) is 45.3. The Morgan fingerprint density at radius 2 is 1.01 bits per heavy atom.